The second kappa shape index (κ2) is 11.7. The summed E-state index contributed by atoms with van der Waals surface area (Å²) in [4.78, 5) is 36.1. The van der Waals surface area contributed by atoms with Crippen LogP contribution in [0.15, 0.2) is 48.5 Å². The maximum Gasteiger partial charge on any atom is 0.407 e. The third kappa shape index (κ3) is 6.37. The summed E-state index contributed by atoms with van der Waals surface area (Å²) < 4.78 is 5.59. The number of alkyl carbamates (subject to hydrolysis) is 1. The molecule has 0 radical (unpaired) electrons. The smallest absolute Gasteiger partial charge is 0.407 e. The molecule has 7 heteroatoms. The number of carboxylic acid groups (broad SMARTS) is 1. The van der Waals surface area contributed by atoms with Crippen LogP contribution in [0.3, 0.4) is 0 Å². The maximum absolute atomic E-state index is 12.5. The number of hydrogen-bond donors (Lipinski definition) is 3. The lowest BCUT2D eigenvalue weighted by atomic mass is 9.93. The van der Waals surface area contributed by atoms with E-state index in [1.165, 1.54) is 11.1 Å². The first-order chi connectivity index (χ1) is 16.3. The van der Waals surface area contributed by atoms with E-state index in [1.807, 2.05) is 38.1 Å². The van der Waals surface area contributed by atoms with E-state index in [1.54, 1.807) is 6.92 Å². The van der Waals surface area contributed by atoms with E-state index in [9.17, 15) is 14.4 Å². The van der Waals surface area contributed by atoms with Gasteiger partial charge in [0, 0.05) is 18.9 Å². The van der Waals surface area contributed by atoms with E-state index in [4.69, 9.17) is 9.84 Å². The number of carbonyl (C=O) groups excluding carboxylic acids is 2. The zero-order chi connectivity index (χ0) is 24.7. The molecule has 2 amide bonds. The molecule has 0 saturated carbocycles. The van der Waals surface area contributed by atoms with Gasteiger partial charge in [-0.3, -0.25) is 4.79 Å². The van der Waals surface area contributed by atoms with Crippen LogP contribution in [0.2, 0.25) is 0 Å². The number of carbonyl (C=O) groups is 3. The zero-order valence-electron chi connectivity index (χ0n) is 20.0. The molecule has 0 fully saturated rings. The van der Waals surface area contributed by atoms with Crippen molar-refractivity contribution in [3.8, 4) is 11.1 Å². The molecule has 1 aliphatic rings. The number of ether oxygens (including phenoxy) is 1. The van der Waals surface area contributed by atoms with Crippen LogP contribution >= 0.6 is 0 Å². The number of aliphatic carboxylic acids is 1. The van der Waals surface area contributed by atoms with Gasteiger partial charge in [0.15, 0.2) is 0 Å². The number of carboxylic acids is 1. The van der Waals surface area contributed by atoms with Crippen LogP contribution < -0.4 is 10.6 Å². The lowest BCUT2D eigenvalue weighted by Crippen LogP contribution is -2.42. The highest BCUT2D eigenvalue weighted by atomic mass is 16.5. The molecule has 34 heavy (non-hydrogen) atoms. The van der Waals surface area contributed by atoms with Gasteiger partial charge in [-0.2, -0.15) is 0 Å². The minimum atomic E-state index is -1.05. The highest BCUT2D eigenvalue weighted by Gasteiger charge is 2.29. The molecule has 0 saturated heterocycles. The molecule has 0 aliphatic heterocycles. The van der Waals surface area contributed by atoms with Gasteiger partial charge in [-0.05, 0) is 46.9 Å². The molecular weight excluding hydrogens is 432 g/mol. The van der Waals surface area contributed by atoms with Crippen molar-refractivity contribution >= 4 is 18.0 Å². The first kappa shape index (κ1) is 25.3. The predicted octanol–water partition coefficient (Wildman–Crippen LogP) is 4.56. The van der Waals surface area contributed by atoms with Crippen molar-refractivity contribution in [1.29, 1.82) is 0 Å². The van der Waals surface area contributed by atoms with E-state index in [-0.39, 0.29) is 37.3 Å². The summed E-state index contributed by atoms with van der Waals surface area (Å²) in [6.45, 7) is 6.32. The van der Waals surface area contributed by atoms with Crippen LogP contribution in [0.5, 0.6) is 0 Å². The fourth-order valence-corrected chi connectivity index (χ4v) is 4.64. The summed E-state index contributed by atoms with van der Waals surface area (Å²) >= 11 is 0. The average Bonchev–Trinajstić information content (AvgIpc) is 3.13. The predicted molar refractivity (Wildman–Crippen MR) is 130 cm³/mol. The van der Waals surface area contributed by atoms with Gasteiger partial charge in [-0.1, -0.05) is 69.3 Å². The molecule has 182 valence electrons. The Labute approximate surface area is 200 Å². The van der Waals surface area contributed by atoms with E-state index in [0.29, 0.717) is 12.3 Å². The second-order valence-electron chi connectivity index (χ2n) is 9.27. The maximum atomic E-state index is 12.5. The van der Waals surface area contributed by atoms with E-state index in [0.717, 1.165) is 17.5 Å². The van der Waals surface area contributed by atoms with Crippen LogP contribution in [0.25, 0.3) is 11.1 Å². The van der Waals surface area contributed by atoms with Gasteiger partial charge < -0.3 is 20.5 Å². The summed E-state index contributed by atoms with van der Waals surface area (Å²) in [7, 11) is 0. The van der Waals surface area contributed by atoms with Crippen molar-refractivity contribution < 1.29 is 24.2 Å². The molecule has 0 spiro atoms. The molecule has 7 nitrogen and oxygen atoms in total. The minimum Gasteiger partial charge on any atom is -0.480 e. The molecule has 0 bridgehead atoms. The number of nitrogens with one attached hydrogen (secondary N) is 2. The fourth-order valence-electron chi connectivity index (χ4n) is 4.64. The van der Waals surface area contributed by atoms with Crippen molar-refractivity contribution in [2.24, 2.45) is 11.8 Å². The first-order valence-electron chi connectivity index (χ1n) is 11.9. The topological polar surface area (TPSA) is 105 Å². The third-order valence-electron chi connectivity index (χ3n) is 6.20. The van der Waals surface area contributed by atoms with Crippen molar-refractivity contribution in [3.63, 3.8) is 0 Å². The summed E-state index contributed by atoms with van der Waals surface area (Å²) in [6, 6.07) is 15.4. The summed E-state index contributed by atoms with van der Waals surface area (Å²) in [6.07, 6.45) is 0.661. The molecule has 1 aliphatic carbocycles. The number of benzene rings is 2. The normalized spacial score (nSPS) is 14.1. The second-order valence-corrected chi connectivity index (χ2v) is 9.27. The number of hydrogen-bond acceptors (Lipinski definition) is 4. The number of fused-ring (bicyclic) bond motifs is 3. The third-order valence-corrected chi connectivity index (χ3v) is 6.20. The van der Waals surface area contributed by atoms with Crippen molar-refractivity contribution in [2.45, 2.75) is 52.0 Å². The van der Waals surface area contributed by atoms with E-state index in [2.05, 4.69) is 34.9 Å². The van der Waals surface area contributed by atoms with Gasteiger partial charge in [0.25, 0.3) is 0 Å². The van der Waals surface area contributed by atoms with Crippen molar-refractivity contribution in [3.05, 3.63) is 59.7 Å². The molecule has 3 N–H and O–H groups in total. The van der Waals surface area contributed by atoms with Gasteiger partial charge in [0.05, 0.1) is 0 Å². The highest BCUT2D eigenvalue weighted by Crippen LogP contribution is 2.44. The summed E-state index contributed by atoms with van der Waals surface area (Å²) in [5.74, 6) is -1.19. The Hall–Kier alpha value is -3.35. The van der Waals surface area contributed by atoms with E-state index < -0.39 is 18.1 Å². The minimum absolute atomic E-state index is 0.0163. The van der Waals surface area contributed by atoms with Crippen LogP contribution in [0.1, 0.15) is 57.1 Å². The summed E-state index contributed by atoms with van der Waals surface area (Å²) in [5, 5.41) is 14.5. The largest absolute Gasteiger partial charge is 0.480 e. The van der Waals surface area contributed by atoms with Crippen molar-refractivity contribution in [2.75, 3.05) is 13.2 Å². The van der Waals surface area contributed by atoms with Crippen LogP contribution in [-0.4, -0.2) is 42.3 Å². The Kier molecular flexibility index (Phi) is 8.68. The molecule has 0 aromatic heterocycles. The number of amides is 2. The van der Waals surface area contributed by atoms with Gasteiger partial charge in [-0.15, -0.1) is 0 Å². The molecular formula is C27H34N2O5. The molecule has 2 aromatic rings. The molecule has 0 heterocycles. The number of rotatable bonds is 11. The van der Waals surface area contributed by atoms with Crippen LogP contribution in [0.4, 0.5) is 4.79 Å². The molecule has 2 aromatic carbocycles. The Morgan fingerprint density at radius 2 is 1.59 bits per heavy atom. The standard InChI is InChI=1S/C27H34N2O5/c1-4-24(26(31)32)29-25(30)14-18(13-17(2)3)15-28-27(33)34-16-23-21-11-7-5-9-19(21)20-10-6-8-12-22(20)23/h5-12,17-18,23-24H,4,13-16H2,1-3H3,(H,28,33)(H,29,30)(H,31,32)/t18?,24-/m1/s1. The van der Waals surface area contributed by atoms with Gasteiger partial charge in [0.2, 0.25) is 5.91 Å². The van der Waals surface area contributed by atoms with Gasteiger partial charge in [0.1, 0.15) is 12.6 Å². The monoisotopic (exact) mass is 466 g/mol. The Morgan fingerprint density at radius 1 is 1.00 bits per heavy atom. The van der Waals surface area contributed by atoms with Crippen molar-refractivity contribution in [1.82, 2.24) is 10.6 Å². The van der Waals surface area contributed by atoms with Gasteiger partial charge in [-0.25, -0.2) is 9.59 Å². The zero-order valence-corrected chi connectivity index (χ0v) is 20.0. The van der Waals surface area contributed by atoms with E-state index >= 15 is 0 Å². The van der Waals surface area contributed by atoms with Crippen LogP contribution in [0, 0.1) is 11.8 Å². The Balaban J connectivity index is 1.55. The lowest BCUT2D eigenvalue weighted by molar-refractivity contribution is -0.142. The van der Waals surface area contributed by atoms with Crippen LogP contribution in [-0.2, 0) is 14.3 Å². The lowest BCUT2D eigenvalue weighted by Gasteiger charge is -2.21. The quantitative estimate of drug-likeness (QED) is 0.450. The molecule has 2 atom stereocenters. The first-order valence-corrected chi connectivity index (χ1v) is 11.9. The summed E-state index contributed by atoms with van der Waals surface area (Å²) in [5.41, 5.74) is 4.63. The van der Waals surface area contributed by atoms with Gasteiger partial charge >= 0.3 is 12.1 Å². The SMILES string of the molecule is CC[C@@H](NC(=O)CC(CNC(=O)OCC1c2ccccc2-c2ccccc21)CC(C)C)C(=O)O. The Bertz CT molecular complexity index is 974. The molecule has 1 unspecified atom stereocenters. The highest BCUT2D eigenvalue weighted by molar-refractivity contribution is 5.83. The molecule has 3 rings (SSSR count). The Morgan fingerprint density at radius 3 is 2.12 bits per heavy atom. The average molecular weight is 467 g/mol. The fraction of sp³-hybridized carbons (Fsp3) is 0.444.